The zero-order chi connectivity index (χ0) is 16.6. The Balaban J connectivity index is 3.06. The molecule has 2 aromatic rings. The van der Waals surface area contributed by atoms with Gasteiger partial charge in [-0.2, -0.15) is 0 Å². The Bertz CT molecular complexity index is 857. The number of aromatic amines is 1. The van der Waals surface area contributed by atoms with Gasteiger partial charge in [0.05, 0.1) is 0 Å². The van der Waals surface area contributed by atoms with Gasteiger partial charge in [-0.1, -0.05) is 18.2 Å². The van der Waals surface area contributed by atoms with Crippen LogP contribution in [0.25, 0.3) is 11.1 Å². The van der Waals surface area contributed by atoms with E-state index in [4.69, 9.17) is 5.73 Å². The lowest BCUT2D eigenvalue weighted by Gasteiger charge is -2.13. The molecule has 0 aliphatic carbocycles. The van der Waals surface area contributed by atoms with E-state index in [0.717, 1.165) is 0 Å². The van der Waals surface area contributed by atoms with Gasteiger partial charge >= 0.3 is 11.9 Å². The van der Waals surface area contributed by atoms with E-state index < -0.39 is 45.8 Å². The Labute approximate surface area is 122 Å². The first-order chi connectivity index (χ1) is 10.3. The SMILES string of the molecule is Cc1cccc(-c2c(C(=O)O)c(N)[nH]c(=O)c2C(=O)O)c1F. The van der Waals surface area contributed by atoms with Crippen LogP contribution in [0.15, 0.2) is 23.0 Å². The fourth-order valence-electron chi connectivity index (χ4n) is 2.16. The van der Waals surface area contributed by atoms with Crippen LogP contribution in [0, 0.1) is 12.7 Å². The summed E-state index contributed by atoms with van der Waals surface area (Å²) in [6.45, 7) is 1.43. The lowest BCUT2D eigenvalue weighted by atomic mass is 9.94. The molecule has 7 nitrogen and oxygen atoms in total. The predicted octanol–water partition coefficient (Wildman–Crippen LogP) is 1.47. The van der Waals surface area contributed by atoms with Gasteiger partial charge in [-0.3, -0.25) is 4.79 Å². The Morgan fingerprint density at radius 3 is 2.32 bits per heavy atom. The van der Waals surface area contributed by atoms with Crippen molar-refractivity contribution in [2.45, 2.75) is 6.92 Å². The van der Waals surface area contributed by atoms with E-state index in [0.29, 0.717) is 0 Å². The van der Waals surface area contributed by atoms with Crippen LogP contribution in [0.3, 0.4) is 0 Å². The highest BCUT2D eigenvalue weighted by atomic mass is 19.1. The molecule has 114 valence electrons. The summed E-state index contributed by atoms with van der Waals surface area (Å²) in [7, 11) is 0. The second kappa shape index (κ2) is 5.32. The molecule has 1 heterocycles. The number of nitrogen functional groups attached to an aromatic ring is 1. The highest BCUT2D eigenvalue weighted by Gasteiger charge is 2.28. The van der Waals surface area contributed by atoms with Gasteiger partial charge in [0, 0.05) is 11.1 Å². The molecule has 0 aliphatic rings. The number of halogens is 1. The van der Waals surface area contributed by atoms with Crippen molar-refractivity contribution < 1.29 is 24.2 Å². The molecule has 1 aromatic carbocycles. The lowest BCUT2D eigenvalue weighted by Crippen LogP contribution is -2.24. The second-order valence-electron chi connectivity index (χ2n) is 4.54. The number of nitrogens with one attached hydrogen (secondary N) is 1. The molecule has 0 saturated heterocycles. The number of hydrogen-bond acceptors (Lipinski definition) is 4. The van der Waals surface area contributed by atoms with Crippen molar-refractivity contribution in [3.8, 4) is 11.1 Å². The molecule has 8 heteroatoms. The van der Waals surface area contributed by atoms with Gasteiger partial charge in [0.15, 0.2) is 0 Å². The molecule has 1 aromatic heterocycles. The Hall–Kier alpha value is -3.16. The molecular formula is C14H11FN2O5. The molecule has 22 heavy (non-hydrogen) atoms. The van der Waals surface area contributed by atoms with Crippen LogP contribution in [0.4, 0.5) is 10.2 Å². The third kappa shape index (κ3) is 2.30. The van der Waals surface area contributed by atoms with Gasteiger partial charge in [-0.15, -0.1) is 0 Å². The topological polar surface area (TPSA) is 133 Å². The summed E-state index contributed by atoms with van der Waals surface area (Å²) in [5.41, 5.74) is 2.12. The number of hydrogen-bond donors (Lipinski definition) is 4. The number of anilines is 1. The number of carbonyl (C=O) groups is 2. The lowest BCUT2D eigenvalue weighted by molar-refractivity contribution is 0.0695. The zero-order valence-corrected chi connectivity index (χ0v) is 11.3. The highest BCUT2D eigenvalue weighted by molar-refractivity contribution is 6.07. The first kappa shape index (κ1) is 15.2. The third-order valence-electron chi connectivity index (χ3n) is 3.13. The maximum atomic E-state index is 14.3. The Morgan fingerprint density at radius 1 is 1.18 bits per heavy atom. The summed E-state index contributed by atoms with van der Waals surface area (Å²) in [5.74, 6) is -4.62. The molecule has 0 atom stereocenters. The number of aromatic nitrogens is 1. The van der Waals surface area contributed by atoms with E-state index in [1.165, 1.54) is 25.1 Å². The zero-order valence-electron chi connectivity index (χ0n) is 11.3. The van der Waals surface area contributed by atoms with Gasteiger partial charge in [-0.05, 0) is 12.5 Å². The molecule has 0 saturated carbocycles. The smallest absolute Gasteiger partial charge is 0.342 e. The van der Waals surface area contributed by atoms with E-state index in [2.05, 4.69) is 0 Å². The van der Waals surface area contributed by atoms with Crippen molar-refractivity contribution in [1.82, 2.24) is 4.98 Å². The van der Waals surface area contributed by atoms with E-state index in [-0.39, 0.29) is 11.1 Å². The summed E-state index contributed by atoms with van der Waals surface area (Å²) in [5, 5.41) is 18.4. The molecule has 0 bridgehead atoms. The maximum Gasteiger partial charge on any atom is 0.342 e. The van der Waals surface area contributed by atoms with Crippen molar-refractivity contribution >= 4 is 17.8 Å². The number of nitrogens with two attached hydrogens (primary N) is 1. The van der Waals surface area contributed by atoms with Gasteiger partial charge in [0.25, 0.3) is 5.56 Å². The molecule has 0 aliphatic heterocycles. The fraction of sp³-hybridized carbons (Fsp3) is 0.0714. The van der Waals surface area contributed by atoms with Gasteiger partial charge < -0.3 is 20.9 Å². The maximum absolute atomic E-state index is 14.3. The molecule has 0 fully saturated rings. The fourth-order valence-corrected chi connectivity index (χ4v) is 2.16. The van der Waals surface area contributed by atoms with Crippen LogP contribution < -0.4 is 11.3 Å². The summed E-state index contributed by atoms with van der Waals surface area (Å²) in [6.07, 6.45) is 0. The number of benzene rings is 1. The average molecular weight is 306 g/mol. The largest absolute Gasteiger partial charge is 0.478 e. The standard InChI is InChI=1S/C14H11FN2O5/c1-5-3-2-4-6(10(5)15)7-8(13(19)20)11(16)17-12(18)9(7)14(21)22/h2-4H,1H3,(H,19,20)(H,21,22)(H3,16,17,18). The van der Waals surface area contributed by atoms with Crippen molar-refractivity contribution in [3.05, 3.63) is 51.1 Å². The summed E-state index contributed by atoms with van der Waals surface area (Å²) < 4.78 is 14.3. The number of carboxylic acid groups (broad SMARTS) is 2. The van der Waals surface area contributed by atoms with Crippen LogP contribution in [0.2, 0.25) is 0 Å². The van der Waals surface area contributed by atoms with E-state index in [1.54, 1.807) is 0 Å². The van der Waals surface area contributed by atoms with E-state index in [1.807, 2.05) is 4.98 Å². The quantitative estimate of drug-likeness (QED) is 0.678. The summed E-state index contributed by atoms with van der Waals surface area (Å²) >= 11 is 0. The minimum Gasteiger partial charge on any atom is -0.478 e. The number of H-pyrrole nitrogens is 1. The van der Waals surface area contributed by atoms with Crippen molar-refractivity contribution in [2.75, 3.05) is 5.73 Å². The van der Waals surface area contributed by atoms with Crippen molar-refractivity contribution in [1.29, 1.82) is 0 Å². The van der Waals surface area contributed by atoms with Crippen LogP contribution in [0.5, 0.6) is 0 Å². The molecule has 2 rings (SSSR count). The predicted molar refractivity (Wildman–Crippen MR) is 75.5 cm³/mol. The molecule has 5 N–H and O–H groups in total. The number of carboxylic acids is 2. The molecule has 0 radical (unpaired) electrons. The van der Waals surface area contributed by atoms with Gasteiger partial charge in [-0.25, -0.2) is 14.0 Å². The van der Waals surface area contributed by atoms with E-state index in [9.17, 15) is 29.0 Å². The van der Waals surface area contributed by atoms with Gasteiger partial charge in [0.2, 0.25) is 0 Å². The van der Waals surface area contributed by atoms with E-state index >= 15 is 0 Å². The molecule has 0 unspecified atom stereocenters. The molecule has 0 spiro atoms. The monoisotopic (exact) mass is 306 g/mol. The molecule has 0 amide bonds. The number of pyridine rings is 1. The number of aryl methyl sites for hydroxylation is 1. The van der Waals surface area contributed by atoms with Crippen LogP contribution in [-0.2, 0) is 0 Å². The first-order valence-corrected chi connectivity index (χ1v) is 6.03. The average Bonchev–Trinajstić information content (AvgIpc) is 2.39. The van der Waals surface area contributed by atoms with Crippen molar-refractivity contribution in [2.24, 2.45) is 0 Å². The summed E-state index contributed by atoms with van der Waals surface area (Å²) in [4.78, 5) is 36.5. The first-order valence-electron chi connectivity index (χ1n) is 6.03. The summed E-state index contributed by atoms with van der Waals surface area (Å²) in [6, 6.07) is 4.04. The Morgan fingerprint density at radius 2 is 1.77 bits per heavy atom. The van der Waals surface area contributed by atoms with Gasteiger partial charge in [0.1, 0.15) is 22.8 Å². The highest BCUT2D eigenvalue weighted by Crippen LogP contribution is 2.32. The minimum absolute atomic E-state index is 0.170. The minimum atomic E-state index is -1.68. The third-order valence-corrected chi connectivity index (χ3v) is 3.13. The van der Waals surface area contributed by atoms with Crippen molar-refractivity contribution in [3.63, 3.8) is 0 Å². The van der Waals surface area contributed by atoms with Crippen LogP contribution in [-0.4, -0.2) is 27.1 Å². The Kier molecular flexibility index (Phi) is 3.68. The number of rotatable bonds is 3. The van der Waals surface area contributed by atoms with Crippen LogP contribution in [0.1, 0.15) is 26.3 Å². The second-order valence-corrected chi connectivity index (χ2v) is 4.54. The molecular weight excluding hydrogens is 295 g/mol. The number of aromatic carboxylic acids is 2. The van der Waals surface area contributed by atoms with Crippen LogP contribution >= 0.6 is 0 Å². The normalized spacial score (nSPS) is 10.5.